The van der Waals surface area contributed by atoms with Crippen molar-refractivity contribution < 1.29 is 4.74 Å². The molecule has 0 spiro atoms. The van der Waals surface area contributed by atoms with Crippen LogP contribution in [0.15, 0.2) is 90.3 Å². The summed E-state index contributed by atoms with van der Waals surface area (Å²) in [5.74, 6) is 1.71. The highest BCUT2D eigenvalue weighted by atomic mass is 32.1. The summed E-state index contributed by atoms with van der Waals surface area (Å²) in [6, 6.07) is 29.0. The van der Waals surface area contributed by atoms with Crippen LogP contribution in [0.3, 0.4) is 0 Å². The third kappa shape index (κ3) is 4.33. The maximum absolute atomic E-state index is 5.87. The van der Waals surface area contributed by atoms with Gasteiger partial charge in [-0.15, -0.1) is 11.3 Å². The van der Waals surface area contributed by atoms with E-state index in [2.05, 4.69) is 68.3 Å². The fourth-order valence-electron chi connectivity index (χ4n) is 4.16. The lowest BCUT2D eigenvalue weighted by atomic mass is 10.1. The number of H-pyrrole nitrogens is 2. The number of fused-ring (bicyclic) bond motifs is 2. The van der Waals surface area contributed by atoms with Gasteiger partial charge >= 0.3 is 0 Å². The Morgan fingerprint density at radius 2 is 1.65 bits per heavy atom. The fourth-order valence-corrected chi connectivity index (χ4v) is 5.01. The van der Waals surface area contributed by atoms with Gasteiger partial charge in [0.25, 0.3) is 0 Å². The summed E-state index contributed by atoms with van der Waals surface area (Å²) in [5, 5.41) is 14.5. The van der Waals surface area contributed by atoms with Crippen LogP contribution >= 0.6 is 11.3 Å². The van der Waals surface area contributed by atoms with E-state index in [1.807, 2.05) is 42.5 Å². The van der Waals surface area contributed by atoms with Gasteiger partial charge in [0.2, 0.25) is 0 Å². The number of thiophene rings is 1. The molecule has 6 aromatic rings. The van der Waals surface area contributed by atoms with Crippen LogP contribution in [0.4, 0.5) is 0 Å². The number of aromatic nitrogens is 3. The lowest BCUT2D eigenvalue weighted by molar-refractivity contribution is 0.482. The molecule has 0 saturated heterocycles. The van der Waals surface area contributed by atoms with E-state index < -0.39 is 0 Å². The Labute approximate surface area is 201 Å². The zero-order chi connectivity index (χ0) is 22.7. The molecule has 0 radical (unpaired) electrons. The van der Waals surface area contributed by atoms with Crippen LogP contribution in [0.1, 0.15) is 11.1 Å². The van der Waals surface area contributed by atoms with Gasteiger partial charge in [0.15, 0.2) is 0 Å². The average Bonchev–Trinajstić information content (AvgIpc) is 3.59. The summed E-state index contributed by atoms with van der Waals surface area (Å²) in [6.07, 6.45) is 0.970. The Bertz CT molecular complexity index is 1530. The molecule has 3 N–H and O–H groups in total. The molecule has 6 rings (SSSR count). The maximum atomic E-state index is 5.87. The summed E-state index contributed by atoms with van der Waals surface area (Å²) in [5.41, 5.74) is 6.81. The molecular formula is C28H24N4OS. The molecule has 3 aromatic heterocycles. The van der Waals surface area contributed by atoms with E-state index in [-0.39, 0.29) is 0 Å². The van der Waals surface area contributed by atoms with E-state index in [0.29, 0.717) is 0 Å². The van der Waals surface area contributed by atoms with Crippen molar-refractivity contribution in [1.82, 2.24) is 20.5 Å². The summed E-state index contributed by atoms with van der Waals surface area (Å²) in [6.45, 7) is 1.75. The molecule has 0 aliphatic carbocycles. The standard InChI is InChI=1S/C28H24N4OS/c1-2-4-22(5-3-1)33-23-9-6-19(7-10-23)12-14-29-18-20-8-11-24-21(16-20)17-26(30-24)27-28-25(31-32-27)13-15-34-28/h1-11,13,15-17,29-30H,12,14,18H2,(H,31,32). The first kappa shape index (κ1) is 20.7. The first-order chi connectivity index (χ1) is 16.8. The van der Waals surface area contributed by atoms with Crippen molar-refractivity contribution in [2.24, 2.45) is 0 Å². The van der Waals surface area contributed by atoms with Crippen LogP contribution in [0.25, 0.3) is 32.5 Å². The SMILES string of the molecule is c1ccc(Oc2ccc(CCNCc3ccc4[nH]c(-c5n[nH]c6ccsc56)cc4c3)cc2)cc1. The minimum Gasteiger partial charge on any atom is -0.457 e. The molecule has 0 amide bonds. The first-order valence-electron chi connectivity index (χ1n) is 11.4. The molecule has 0 unspecified atom stereocenters. The normalized spacial score (nSPS) is 11.4. The van der Waals surface area contributed by atoms with E-state index in [4.69, 9.17) is 4.74 Å². The molecule has 5 nitrogen and oxygen atoms in total. The second-order valence-corrected chi connectivity index (χ2v) is 9.24. The summed E-state index contributed by atoms with van der Waals surface area (Å²) < 4.78 is 7.06. The number of hydrogen-bond acceptors (Lipinski definition) is 4. The number of ether oxygens (including phenoxy) is 1. The quantitative estimate of drug-likeness (QED) is 0.215. The molecule has 6 heteroatoms. The highest BCUT2D eigenvalue weighted by Crippen LogP contribution is 2.32. The van der Waals surface area contributed by atoms with Crippen molar-refractivity contribution >= 4 is 32.5 Å². The molecular weight excluding hydrogens is 440 g/mol. The van der Waals surface area contributed by atoms with Gasteiger partial charge in [-0.25, -0.2) is 0 Å². The van der Waals surface area contributed by atoms with Crippen LogP contribution in [0, 0.1) is 0 Å². The van der Waals surface area contributed by atoms with Crippen LogP contribution in [-0.4, -0.2) is 21.7 Å². The minimum atomic E-state index is 0.837. The van der Waals surface area contributed by atoms with Gasteiger partial charge < -0.3 is 15.0 Å². The van der Waals surface area contributed by atoms with Gasteiger partial charge in [-0.3, -0.25) is 5.10 Å². The Morgan fingerprint density at radius 1 is 0.824 bits per heavy atom. The number of benzene rings is 3. The third-order valence-corrected chi connectivity index (χ3v) is 6.85. The largest absolute Gasteiger partial charge is 0.457 e. The third-order valence-electron chi connectivity index (χ3n) is 5.93. The number of hydrogen-bond donors (Lipinski definition) is 3. The number of aromatic amines is 2. The highest BCUT2D eigenvalue weighted by Gasteiger charge is 2.12. The van der Waals surface area contributed by atoms with Crippen LogP contribution in [0.2, 0.25) is 0 Å². The summed E-state index contributed by atoms with van der Waals surface area (Å²) in [4.78, 5) is 3.51. The second kappa shape index (κ2) is 9.17. The van der Waals surface area contributed by atoms with Gasteiger partial charge in [-0.2, -0.15) is 5.10 Å². The van der Waals surface area contributed by atoms with Gasteiger partial charge in [-0.1, -0.05) is 36.4 Å². The molecule has 0 aliphatic rings. The number of rotatable bonds is 8. The van der Waals surface area contributed by atoms with Crippen molar-refractivity contribution in [3.05, 3.63) is 101 Å². The molecule has 0 saturated carbocycles. The van der Waals surface area contributed by atoms with Gasteiger partial charge in [0, 0.05) is 17.4 Å². The van der Waals surface area contributed by atoms with Gasteiger partial charge in [-0.05, 0) is 78.0 Å². The zero-order valence-electron chi connectivity index (χ0n) is 18.5. The van der Waals surface area contributed by atoms with Crippen molar-refractivity contribution in [3.8, 4) is 22.9 Å². The Hall–Kier alpha value is -3.87. The lowest BCUT2D eigenvalue weighted by Gasteiger charge is -2.08. The smallest absolute Gasteiger partial charge is 0.127 e. The Morgan fingerprint density at radius 3 is 2.53 bits per heavy atom. The Kier molecular flexibility index (Phi) is 5.59. The van der Waals surface area contributed by atoms with Crippen LogP contribution < -0.4 is 10.1 Å². The molecule has 168 valence electrons. The Balaban J connectivity index is 1.05. The first-order valence-corrected chi connectivity index (χ1v) is 12.3. The van der Waals surface area contributed by atoms with Crippen molar-refractivity contribution in [3.63, 3.8) is 0 Å². The summed E-state index contributed by atoms with van der Waals surface area (Å²) in [7, 11) is 0. The van der Waals surface area contributed by atoms with Crippen LogP contribution in [-0.2, 0) is 13.0 Å². The predicted molar refractivity (Wildman–Crippen MR) is 140 cm³/mol. The van der Waals surface area contributed by atoms with E-state index in [9.17, 15) is 0 Å². The molecule has 3 heterocycles. The lowest BCUT2D eigenvalue weighted by Crippen LogP contribution is -2.16. The van der Waals surface area contributed by atoms with Gasteiger partial charge in [0.1, 0.15) is 17.2 Å². The van der Waals surface area contributed by atoms with Gasteiger partial charge in [0.05, 0.1) is 15.9 Å². The number of para-hydroxylation sites is 1. The number of nitrogens with one attached hydrogen (secondary N) is 3. The van der Waals surface area contributed by atoms with Crippen molar-refractivity contribution in [1.29, 1.82) is 0 Å². The maximum Gasteiger partial charge on any atom is 0.127 e. The zero-order valence-corrected chi connectivity index (χ0v) is 19.4. The highest BCUT2D eigenvalue weighted by molar-refractivity contribution is 7.17. The summed E-state index contributed by atoms with van der Waals surface area (Å²) >= 11 is 1.71. The van der Waals surface area contributed by atoms with E-state index in [0.717, 1.165) is 53.4 Å². The van der Waals surface area contributed by atoms with E-state index >= 15 is 0 Å². The van der Waals surface area contributed by atoms with E-state index in [1.165, 1.54) is 21.2 Å². The molecule has 0 fully saturated rings. The predicted octanol–water partition coefficient (Wildman–Crippen LogP) is 6.90. The van der Waals surface area contributed by atoms with E-state index in [1.54, 1.807) is 11.3 Å². The molecule has 3 aromatic carbocycles. The molecule has 34 heavy (non-hydrogen) atoms. The van der Waals surface area contributed by atoms with Crippen molar-refractivity contribution in [2.45, 2.75) is 13.0 Å². The average molecular weight is 465 g/mol. The topological polar surface area (TPSA) is 65.7 Å². The molecule has 0 atom stereocenters. The molecule has 0 bridgehead atoms. The monoisotopic (exact) mass is 464 g/mol. The fraction of sp³-hybridized carbons (Fsp3) is 0.107. The van der Waals surface area contributed by atoms with Crippen LogP contribution in [0.5, 0.6) is 11.5 Å². The molecule has 0 aliphatic heterocycles. The minimum absolute atomic E-state index is 0.837. The number of nitrogens with zero attached hydrogens (tertiary/aromatic N) is 1. The second-order valence-electron chi connectivity index (χ2n) is 8.33. The van der Waals surface area contributed by atoms with Crippen molar-refractivity contribution in [2.75, 3.05) is 6.54 Å².